The van der Waals surface area contributed by atoms with E-state index in [2.05, 4.69) is 0 Å². The highest BCUT2D eigenvalue weighted by Gasteiger charge is 2.24. The first-order chi connectivity index (χ1) is 10.6. The van der Waals surface area contributed by atoms with E-state index >= 15 is 0 Å². The molecule has 5 nitrogen and oxygen atoms in total. The van der Waals surface area contributed by atoms with Gasteiger partial charge in [0, 0.05) is 11.1 Å². The van der Waals surface area contributed by atoms with Crippen molar-refractivity contribution in [2.45, 2.75) is 12.6 Å². The second-order valence-electron chi connectivity index (χ2n) is 4.68. The number of benzene rings is 2. The molecule has 0 fully saturated rings. The van der Waals surface area contributed by atoms with E-state index < -0.39 is 17.8 Å². The predicted molar refractivity (Wildman–Crippen MR) is 80.4 cm³/mol. The first kappa shape index (κ1) is 15.6. The minimum absolute atomic E-state index is 0.0603. The molecule has 0 aliphatic heterocycles. The van der Waals surface area contributed by atoms with Gasteiger partial charge in [-0.25, -0.2) is 4.79 Å². The van der Waals surface area contributed by atoms with Gasteiger partial charge in [-0.3, -0.25) is 9.59 Å². The number of esters is 1. The zero-order chi connectivity index (χ0) is 15.9. The number of ether oxygens (including phenoxy) is 1. The van der Waals surface area contributed by atoms with Crippen LogP contribution in [0.5, 0.6) is 0 Å². The molecule has 5 heteroatoms. The lowest BCUT2D eigenvalue weighted by molar-refractivity contribution is -0.145. The summed E-state index contributed by atoms with van der Waals surface area (Å²) in [5.74, 6) is -1.33. The zero-order valence-corrected chi connectivity index (χ0v) is 11.8. The number of Topliss-reactive ketones (excluding diaryl/α,β-unsaturated/α-hetero) is 1. The van der Waals surface area contributed by atoms with E-state index in [4.69, 9.17) is 10.5 Å². The number of nitrogens with two attached hydrogens (primary N) is 1. The summed E-state index contributed by atoms with van der Waals surface area (Å²) in [4.78, 5) is 34.5. The van der Waals surface area contributed by atoms with Crippen LogP contribution in [0.3, 0.4) is 0 Å². The molecule has 0 saturated carbocycles. The number of rotatable bonds is 6. The second kappa shape index (κ2) is 7.28. The number of aldehydes is 1. The molecule has 2 N–H and O–H groups in total. The number of ketones is 1. The van der Waals surface area contributed by atoms with E-state index in [9.17, 15) is 14.4 Å². The second-order valence-corrected chi connectivity index (χ2v) is 4.68. The molecule has 0 aliphatic carbocycles. The van der Waals surface area contributed by atoms with Gasteiger partial charge in [0.1, 0.15) is 12.9 Å². The number of carbonyl (C=O) groups excluding carboxylic acids is 3. The lowest BCUT2D eigenvalue weighted by Gasteiger charge is -2.11. The smallest absolute Gasteiger partial charge is 0.331 e. The molecule has 0 saturated heterocycles. The molecule has 0 radical (unpaired) electrons. The molecule has 2 aromatic rings. The van der Waals surface area contributed by atoms with Crippen LogP contribution in [-0.4, -0.2) is 24.1 Å². The maximum atomic E-state index is 12.1. The summed E-state index contributed by atoms with van der Waals surface area (Å²) in [5, 5.41) is 0. The van der Waals surface area contributed by atoms with Crippen LogP contribution in [0, 0.1) is 0 Å². The van der Waals surface area contributed by atoms with Crippen LogP contribution in [0.2, 0.25) is 0 Å². The molecule has 0 aromatic heterocycles. The molecular formula is C17H15NO4. The fourth-order valence-corrected chi connectivity index (χ4v) is 1.83. The summed E-state index contributed by atoms with van der Waals surface area (Å²) in [6, 6.07) is 13.6. The Morgan fingerprint density at radius 1 is 1.05 bits per heavy atom. The van der Waals surface area contributed by atoms with Crippen molar-refractivity contribution in [3.8, 4) is 0 Å². The molecule has 1 atom stereocenters. The van der Waals surface area contributed by atoms with E-state index in [1.165, 1.54) is 24.3 Å². The van der Waals surface area contributed by atoms with Crippen molar-refractivity contribution in [3.05, 3.63) is 71.3 Å². The van der Waals surface area contributed by atoms with Gasteiger partial charge in [0.2, 0.25) is 0 Å². The Morgan fingerprint density at radius 3 is 2.27 bits per heavy atom. The van der Waals surface area contributed by atoms with E-state index in [-0.39, 0.29) is 12.2 Å². The fraction of sp³-hybridized carbons (Fsp3) is 0.118. The number of carbonyl (C=O) groups is 3. The summed E-state index contributed by atoms with van der Waals surface area (Å²) >= 11 is 0. The fourth-order valence-electron chi connectivity index (χ4n) is 1.83. The van der Waals surface area contributed by atoms with Gasteiger partial charge in [-0.15, -0.1) is 0 Å². The van der Waals surface area contributed by atoms with Crippen LogP contribution >= 0.6 is 0 Å². The molecule has 0 aliphatic rings. The van der Waals surface area contributed by atoms with Crippen molar-refractivity contribution in [2.75, 3.05) is 0 Å². The van der Waals surface area contributed by atoms with Gasteiger partial charge in [0.05, 0.1) is 0 Å². The Bertz CT molecular complexity index is 665. The van der Waals surface area contributed by atoms with Crippen molar-refractivity contribution in [2.24, 2.45) is 5.73 Å². The summed E-state index contributed by atoms with van der Waals surface area (Å²) < 4.78 is 5.04. The SMILES string of the molecule is NC(C(=O)OCc1ccccc1)C(=O)c1ccc(C=O)cc1. The van der Waals surface area contributed by atoms with Gasteiger partial charge in [0.15, 0.2) is 11.8 Å². The summed E-state index contributed by atoms with van der Waals surface area (Å²) in [5.41, 5.74) is 7.15. The van der Waals surface area contributed by atoms with Crippen molar-refractivity contribution in [1.29, 1.82) is 0 Å². The molecule has 1 unspecified atom stereocenters. The Morgan fingerprint density at radius 2 is 1.68 bits per heavy atom. The third-order valence-electron chi connectivity index (χ3n) is 3.09. The normalized spacial score (nSPS) is 11.5. The Kier molecular flexibility index (Phi) is 5.16. The van der Waals surface area contributed by atoms with Crippen LogP contribution in [0.25, 0.3) is 0 Å². The first-order valence-electron chi connectivity index (χ1n) is 6.67. The quantitative estimate of drug-likeness (QED) is 0.380. The van der Waals surface area contributed by atoms with Gasteiger partial charge in [-0.05, 0) is 5.56 Å². The lowest BCUT2D eigenvalue weighted by Crippen LogP contribution is -2.39. The highest BCUT2D eigenvalue weighted by molar-refractivity contribution is 6.11. The maximum Gasteiger partial charge on any atom is 0.331 e. The molecule has 0 heterocycles. The number of hydrogen-bond acceptors (Lipinski definition) is 5. The highest BCUT2D eigenvalue weighted by atomic mass is 16.5. The molecule has 112 valence electrons. The maximum absolute atomic E-state index is 12.1. The third kappa shape index (κ3) is 3.86. The summed E-state index contributed by atoms with van der Waals surface area (Å²) in [7, 11) is 0. The zero-order valence-electron chi connectivity index (χ0n) is 11.8. The predicted octanol–water partition coefficient (Wildman–Crippen LogP) is 1.75. The molecule has 22 heavy (non-hydrogen) atoms. The summed E-state index contributed by atoms with van der Waals surface area (Å²) in [6.45, 7) is 0.0603. The van der Waals surface area contributed by atoms with Crippen LogP contribution in [0.4, 0.5) is 0 Å². The average molecular weight is 297 g/mol. The van der Waals surface area contributed by atoms with Crippen molar-refractivity contribution in [1.82, 2.24) is 0 Å². The number of hydrogen-bond donors (Lipinski definition) is 1. The van der Waals surface area contributed by atoms with Crippen molar-refractivity contribution in [3.63, 3.8) is 0 Å². The van der Waals surface area contributed by atoms with Crippen molar-refractivity contribution < 1.29 is 19.1 Å². The average Bonchev–Trinajstić information content (AvgIpc) is 2.59. The third-order valence-corrected chi connectivity index (χ3v) is 3.09. The molecule has 0 spiro atoms. The molecule has 2 aromatic carbocycles. The molecule has 2 rings (SSSR count). The van der Waals surface area contributed by atoms with E-state index in [1.54, 1.807) is 12.1 Å². The minimum Gasteiger partial charge on any atom is -0.459 e. The molecular weight excluding hydrogens is 282 g/mol. The van der Waals surface area contributed by atoms with Gasteiger partial charge >= 0.3 is 5.97 Å². The minimum atomic E-state index is -1.38. The van der Waals surface area contributed by atoms with Crippen molar-refractivity contribution >= 4 is 18.0 Å². The summed E-state index contributed by atoms with van der Waals surface area (Å²) in [6.07, 6.45) is 0.669. The van der Waals surface area contributed by atoms with Gasteiger partial charge in [-0.2, -0.15) is 0 Å². The Hall–Kier alpha value is -2.79. The van der Waals surface area contributed by atoms with Crippen LogP contribution in [0.15, 0.2) is 54.6 Å². The Balaban J connectivity index is 1.96. The van der Waals surface area contributed by atoms with Crippen LogP contribution in [-0.2, 0) is 16.1 Å². The van der Waals surface area contributed by atoms with E-state index in [0.29, 0.717) is 11.8 Å². The van der Waals surface area contributed by atoms with Gasteiger partial charge in [0.25, 0.3) is 0 Å². The molecule has 0 amide bonds. The lowest BCUT2D eigenvalue weighted by atomic mass is 10.0. The van der Waals surface area contributed by atoms with Crippen LogP contribution in [0.1, 0.15) is 26.3 Å². The highest BCUT2D eigenvalue weighted by Crippen LogP contribution is 2.07. The molecule has 0 bridgehead atoms. The van der Waals surface area contributed by atoms with Gasteiger partial charge in [-0.1, -0.05) is 54.6 Å². The van der Waals surface area contributed by atoms with Crippen LogP contribution < -0.4 is 5.73 Å². The standard InChI is InChI=1S/C17H15NO4/c18-15(16(20)14-8-6-12(10-19)7-9-14)17(21)22-11-13-4-2-1-3-5-13/h1-10,15H,11,18H2. The largest absolute Gasteiger partial charge is 0.459 e. The van der Waals surface area contributed by atoms with Gasteiger partial charge < -0.3 is 10.5 Å². The Labute approximate surface area is 127 Å². The van der Waals surface area contributed by atoms with E-state index in [1.807, 2.05) is 18.2 Å². The van der Waals surface area contributed by atoms with E-state index in [0.717, 1.165) is 5.56 Å². The monoisotopic (exact) mass is 297 g/mol. The first-order valence-corrected chi connectivity index (χ1v) is 6.67. The topological polar surface area (TPSA) is 86.5 Å².